The Hall–Kier alpha value is -2.33. The average Bonchev–Trinajstić information content (AvgIpc) is 3.57. The van der Waals surface area contributed by atoms with E-state index in [4.69, 9.17) is 13.9 Å². The van der Waals surface area contributed by atoms with Crippen LogP contribution in [-0.4, -0.2) is 56.5 Å². The van der Waals surface area contributed by atoms with Crippen LogP contribution < -0.4 is 0 Å². The van der Waals surface area contributed by atoms with E-state index in [1.165, 1.54) is 11.8 Å². The van der Waals surface area contributed by atoms with Gasteiger partial charge in [0.15, 0.2) is 34.7 Å². The second-order valence-electron chi connectivity index (χ2n) is 12.7. The van der Waals surface area contributed by atoms with E-state index in [0.29, 0.717) is 22.9 Å². The van der Waals surface area contributed by atoms with E-state index in [2.05, 4.69) is 30.7 Å². The largest absolute Gasteiger partial charge is 0.430 e. The predicted molar refractivity (Wildman–Crippen MR) is 148 cm³/mol. The van der Waals surface area contributed by atoms with Crippen LogP contribution in [0.3, 0.4) is 0 Å². The molecule has 9 atom stereocenters. The summed E-state index contributed by atoms with van der Waals surface area (Å²) in [6.07, 6.45) is 10.2. The van der Waals surface area contributed by atoms with Crippen molar-refractivity contribution in [2.24, 2.45) is 28.6 Å². The molecule has 0 bridgehead atoms. The standard InChI is InChI=1S/C31H36N2O6S/c1-4-6-25-38-24-14-20-19-9-8-17-13-18(34)10-11-29(17,2)26(19)21(35)15-30(20,3)31(24,39-25)23(36)16-40-28-33-27-22(37-28)7-5-12-32-27/h5,7,10-13,19-21,24-26,35H,4,6,8-9,14-16H2,1-3H3/t19?,20?,21-,24+,25?,26?,29?,30?,31+/m0/s1. The summed E-state index contributed by atoms with van der Waals surface area (Å²) in [5.74, 6) is 0.452. The van der Waals surface area contributed by atoms with Gasteiger partial charge in [-0.05, 0) is 68.2 Å². The molecule has 212 valence electrons. The third-order valence-corrected chi connectivity index (χ3v) is 11.5. The van der Waals surface area contributed by atoms with Crippen molar-refractivity contribution >= 4 is 34.6 Å². The molecule has 5 aliphatic rings. The van der Waals surface area contributed by atoms with Crippen molar-refractivity contribution in [2.75, 3.05) is 5.75 Å². The molecule has 7 rings (SSSR count). The Labute approximate surface area is 238 Å². The number of ether oxygens (including phenoxy) is 2. The van der Waals surface area contributed by atoms with Crippen LogP contribution in [0.5, 0.6) is 0 Å². The van der Waals surface area contributed by atoms with Crippen LogP contribution in [0.1, 0.15) is 59.3 Å². The van der Waals surface area contributed by atoms with Gasteiger partial charge in [0, 0.05) is 22.9 Å². The number of nitrogens with zero attached hydrogens (tertiary/aromatic N) is 2. The van der Waals surface area contributed by atoms with Gasteiger partial charge < -0.3 is 19.0 Å². The summed E-state index contributed by atoms with van der Waals surface area (Å²) in [4.78, 5) is 35.2. The summed E-state index contributed by atoms with van der Waals surface area (Å²) in [5.41, 5.74) is 0.124. The van der Waals surface area contributed by atoms with E-state index in [0.717, 1.165) is 37.7 Å². The topological polar surface area (TPSA) is 112 Å². The summed E-state index contributed by atoms with van der Waals surface area (Å²) < 4.78 is 19.1. The van der Waals surface area contributed by atoms with Gasteiger partial charge in [-0.2, -0.15) is 4.98 Å². The van der Waals surface area contributed by atoms with Crippen LogP contribution in [0.15, 0.2) is 51.8 Å². The second-order valence-corrected chi connectivity index (χ2v) is 13.6. The minimum Gasteiger partial charge on any atom is -0.430 e. The maximum absolute atomic E-state index is 14.4. The molecule has 8 nitrogen and oxygen atoms in total. The van der Waals surface area contributed by atoms with Gasteiger partial charge in [0.05, 0.1) is 18.0 Å². The molecule has 6 unspecified atom stereocenters. The molecule has 2 aromatic heterocycles. The van der Waals surface area contributed by atoms with Crippen molar-refractivity contribution in [3.63, 3.8) is 0 Å². The Morgan fingerprint density at radius 2 is 2.15 bits per heavy atom. The van der Waals surface area contributed by atoms with E-state index in [-0.39, 0.29) is 46.6 Å². The number of aromatic nitrogens is 2. The number of rotatable bonds is 6. The first-order valence-electron chi connectivity index (χ1n) is 14.5. The second kappa shape index (κ2) is 9.34. The van der Waals surface area contributed by atoms with Crippen molar-refractivity contribution in [3.05, 3.63) is 42.1 Å². The molecule has 1 N–H and O–H groups in total. The van der Waals surface area contributed by atoms with E-state index in [1.807, 2.05) is 12.1 Å². The number of oxazole rings is 1. The first-order chi connectivity index (χ1) is 19.2. The highest BCUT2D eigenvalue weighted by Gasteiger charge is 2.75. The molecule has 1 saturated heterocycles. The molecule has 40 heavy (non-hydrogen) atoms. The molecule has 0 aromatic carbocycles. The smallest absolute Gasteiger partial charge is 0.258 e. The molecule has 3 saturated carbocycles. The zero-order valence-corrected chi connectivity index (χ0v) is 24.0. The van der Waals surface area contributed by atoms with Crippen LogP contribution in [0, 0.1) is 28.6 Å². The number of aliphatic hydroxyl groups excluding tert-OH is 1. The zero-order valence-electron chi connectivity index (χ0n) is 23.2. The normalized spacial score (nSPS) is 41.8. The third-order valence-electron chi connectivity index (χ3n) is 10.7. The van der Waals surface area contributed by atoms with Gasteiger partial charge in [-0.15, -0.1) is 0 Å². The number of hydrogen-bond acceptors (Lipinski definition) is 9. The maximum Gasteiger partial charge on any atom is 0.258 e. The third kappa shape index (κ3) is 3.63. The Morgan fingerprint density at radius 1 is 1.30 bits per heavy atom. The van der Waals surface area contributed by atoms with Crippen LogP contribution in [0.4, 0.5) is 0 Å². The Kier molecular flexibility index (Phi) is 6.20. The molecule has 3 heterocycles. The lowest BCUT2D eigenvalue weighted by Crippen LogP contribution is -2.63. The quantitative estimate of drug-likeness (QED) is 0.482. The first kappa shape index (κ1) is 26.6. The molecule has 4 fully saturated rings. The molecule has 9 heteroatoms. The maximum atomic E-state index is 14.4. The number of hydrogen-bond donors (Lipinski definition) is 1. The van der Waals surface area contributed by atoms with Crippen molar-refractivity contribution in [1.29, 1.82) is 0 Å². The van der Waals surface area contributed by atoms with E-state index in [1.54, 1.807) is 24.4 Å². The van der Waals surface area contributed by atoms with Gasteiger partial charge in [0.2, 0.25) is 0 Å². The number of fused-ring (bicyclic) bond motifs is 8. The molecular weight excluding hydrogens is 528 g/mol. The molecule has 0 radical (unpaired) electrons. The molecule has 4 aliphatic carbocycles. The summed E-state index contributed by atoms with van der Waals surface area (Å²) >= 11 is 1.26. The average molecular weight is 565 g/mol. The monoisotopic (exact) mass is 564 g/mol. The van der Waals surface area contributed by atoms with Gasteiger partial charge in [-0.1, -0.05) is 50.6 Å². The van der Waals surface area contributed by atoms with E-state index >= 15 is 0 Å². The predicted octanol–water partition coefficient (Wildman–Crippen LogP) is 5.05. The lowest BCUT2D eigenvalue weighted by atomic mass is 9.46. The zero-order chi connectivity index (χ0) is 27.9. The number of thioether (sulfide) groups is 1. The number of aliphatic hydroxyl groups is 1. The van der Waals surface area contributed by atoms with Gasteiger partial charge in [-0.25, -0.2) is 4.98 Å². The fourth-order valence-electron chi connectivity index (χ4n) is 9.05. The number of ketones is 2. The van der Waals surface area contributed by atoms with Gasteiger partial charge in [0.1, 0.15) is 0 Å². The van der Waals surface area contributed by atoms with Gasteiger partial charge >= 0.3 is 0 Å². The molecular formula is C31H36N2O6S. The first-order valence-corrected chi connectivity index (χ1v) is 15.5. The van der Waals surface area contributed by atoms with Crippen molar-refractivity contribution in [2.45, 2.75) is 88.6 Å². The molecule has 0 spiro atoms. The highest BCUT2D eigenvalue weighted by atomic mass is 32.2. The Balaban J connectivity index is 1.22. The van der Waals surface area contributed by atoms with Gasteiger partial charge in [0.25, 0.3) is 5.22 Å². The summed E-state index contributed by atoms with van der Waals surface area (Å²) in [7, 11) is 0. The SMILES string of the molecule is CCCC1O[C@@H]2CC3C4CCC5=CC(=O)C=CC5(C)C4[C@@H](O)CC3(C)[C@]2(C(=O)CSc2nc3ncccc3o2)O1. The van der Waals surface area contributed by atoms with Crippen molar-refractivity contribution < 1.29 is 28.6 Å². The fourth-order valence-corrected chi connectivity index (χ4v) is 9.82. The summed E-state index contributed by atoms with van der Waals surface area (Å²) in [6, 6.07) is 3.60. The minimum atomic E-state index is -1.14. The highest BCUT2D eigenvalue weighted by molar-refractivity contribution is 7.99. The Morgan fingerprint density at radius 3 is 2.95 bits per heavy atom. The Bertz CT molecular complexity index is 1400. The van der Waals surface area contributed by atoms with Crippen molar-refractivity contribution in [1.82, 2.24) is 9.97 Å². The van der Waals surface area contributed by atoms with Crippen LogP contribution >= 0.6 is 11.8 Å². The van der Waals surface area contributed by atoms with Crippen LogP contribution in [0.2, 0.25) is 0 Å². The van der Waals surface area contributed by atoms with Crippen molar-refractivity contribution in [3.8, 4) is 0 Å². The number of allylic oxidation sites excluding steroid dienone is 4. The molecule has 0 amide bonds. The number of carbonyl (C=O) groups is 2. The van der Waals surface area contributed by atoms with Crippen LogP contribution in [0.25, 0.3) is 11.2 Å². The van der Waals surface area contributed by atoms with E-state index < -0.39 is 23.4 Å². The van der Waals surface area contributed by atoms with Crippen LogP contribution in [-0.2, 0) is 19.1 Å². The lowest BCUT2D eigenvalue weighted by Gasteiger charge is -2.59. The summed E-state index contributed by atoms with van der Waals surface area (Å²) in [5, 5.41) is 12.3. The minimum absolute atomic E-state index is 0.0195. The number of Topliss-reactive ketones (excluding diaryl/α,β-unsaturated/α-hetero) is 1. The fraction of sp³-hybridized carbons (Fsp3) is 0.613. The van der Waals surface area contributed by atoms with E-state index in [9.17, 15) is 14.7 Å². The van der Waals surface area contributed by atoms with Gasteiger partial charge in [-0.3, -0.25) is 9.59 Å². The summed E-state index contributed by atoms with van der Waals surface area (Å²) in [6.45, 7) is 6.40. The highest BCUT2D eigenvalue weighted by Crippen LogP contribution is 2.69. The lowest BCUT2D eigenvalue weighted by molar-refractivity contribution is -0.197. The molecule has 1 aliphatic heterocycles. The number of carbonyl (C=O) groups excluding carboxylic acids is 2. The number of pyridine rings is 1. The molecule has 2 aromatic rings.